The Morgan fingerprint density at radius 2 is 0.817 bits per heavy atom. The Hall–Kier alpha value is -1.54. The molecule has 0 radical (unpaired) electrons. The van der Waals surface area contributed by atoms with Gasteiger partial charge in [-0.1, -0.05) is 268 Å². The number of aliphatic hydroxyl groups excluding tert-OH is 1. The summed E-state index contributed by atoms with van der Waals surface area (Å²) in [6, 6.07) is -0.868. The van der Waals surface area contributed by atoms with Crippen molar-refractivity contribution in [1.29, 1.82) is 0 Å². The molecule has 1 amide bonds. The normalized spacial score (nSPS) is 14.2. The van der Waals surface area contributed by atoms with Crippen molar-refractivity contribution in [3.8, 4) is 0 Å². The van der Waals surface area contributed by atoms with Crippen LogP contribution < -0.4 is 5.32 Å². The lowest BCUT2D eigenvalue weighted by Crippen LogP contribution is -2.45. The molecule has 0 bridgehead atoms. The lowest BCUT2D eigenvalue weighted by Gasteiger charge is -2.25. The molecule has 0 aromatic carbocycles. The molecule has 0 heterocycles. The summed E-state index contributed by atoms with van der Waals surface area (Å²) >= 11 is 0. The van der Waals surface area contributed by atoms with Gasteiger partial charge in [-0.25, -0.2) is 4.57 Å². The zero-order chi connectivity index (χ0) is 52.0. The molecule has 0 spiro atoms. The van der Waals surface area contributed by atoms with Crippen molar-refractivity contribution in [3.05, 3.63) is 48.6 Å². The fraction of sp³-hybridized carbons (Fsp3) is 0.855. The predicted molar refractivity (Wildman–Crippen MR) is 309 cm³/mol. The van der Waals surface area contributed by atoms with Crippen LogP contribution in [0.5, 0.6) is 0 Å². The van der Waals surface area contributed by atoms with Crippen LogP contribution in [-0.2, 0) is 18.4 Å². The van der Waals surface area contributed by atoms with E-state index in [1.165, 1.54) is 225 Å². The number of hydrogen-bond acceptors (Lipinski definition) is 5. The summed E-state index contributed by atoms with van der Waals surface area (Å²) in [7, 11) is 1.56. The second-order valence-corrected chi connectivity index (χ2v) is 23.5. The average molecular weight is 1020 g/mol. The molecular formula is C62H120N2O6P+. The molecule has 0 aromatic rings. The van der Waals surface area contributed by atoms with Crippen molar-refractivity contribution < 1.29 is 32.9 Å². The number of hydrogen-bond donors (Lipinski definition) is 3. The quantitative estimate of drug-likeness (QED) is 0.0243. The van der Waals surface area contributed by atoms with E-state index in [1.807, 2.05) is 27.2 Å². The number of rotatable bonds is 56. The van der Waals surface area contributed by atoms with Crippen LogP contribution in [-0.4, -0.2) is 73.4 Å². The van der Waals surface area contributed by atoms with Crippen LogP contribution in [0.4, 0.5) is 0 Å². The molecule has 0 aliphatic rings. The maximum absolute atomic E-state index is 13.0. The van der Waals surface area contributed by atoms with E-state index in [9.17, 15) is 19.4 Å². The number of nitrogens with one attached hydrogen (secondary N) is 1. The van der Waals surface area contributed by atoms with Crippen molar-refractivity contribution in [3.63, 3.8) is 0 Å². The molecule has 3 atom stereocenters. The van der Waals surface area contributed by atoms with Crippen molar-refractivity contribution >= 4 is 13.7 Å². The van der Waals surface area contributed by atoms with Crippen LogP contribution in [0.3, 0.4) is 0 Å². The maximum Gasteiger partial charge on any atom is 0.472 e. The number of carbonyl (C=O) groups is 1. The van der Waals surface area contributed by atoms with Crippen LogP contribution in [0.25, 0.3) is 0 Å². The first-order chi connectivity index (χ1) is 34.5. The fourth-order valence-corrected chi connectivity index (χ4v) is 9.71. The molecule has 71 heavy (non-hydrogen) atoms. The van der Waals surface area contributed by atoms with Crippen LogP contribution in [0, 0.1) is 0 Å². The number of phosphoric ester groups is 1. The van der Waals surface area contributed by atoms with E-state index in [4.69, 9.17) is 9.05 Å². The van der Waals surface area contributed by atoms with Gasteiger partial charge in [0.25, 0.3) is 0 Å². The van der Waals surface area contributed by atoms with Crippen LogP contribution in [0.15, 0.2) is 48.6 Å². The largest absolute Gasteiger partial charge is 0.472 e. The summed E-state index contributed by atoms with van der Waals surface area (Å²) in [5.41, 5.74) is 0. The highest BCUT2D eigenvalue weighted by atomic mass is 31.2. The molecule has 3 unspecified atom stereocenters. The van der Waals surface area contributed by atoms with Crippen LogP contribution >= 0.6 is 7.82 Å². The van der Waals surface area contributed by atoms with Gasteiger partial charge in [0.15, 0.2) is 0 Å². The minimum atomic E-state index is -4.36. The van der Waals surface area contributed by atoms with Gasteiger partial charge in [0.2, 0.25) is 5.91 Å². The Morgan fingerprint density at radius 1 is 0.479 bits per heavy atom. The Bertz CT molecular complexity index is 1290. The van der Waals surface area contributed by atoms with E-state index in [1.54, 1.807) is 6.08 Å². The number of carbonyl (C=O) groups excluding carboxylic acids is 1. The lowest BCUT2D eigenvalue weighted by atomic mass is 10.0. The molecule has 0 aliphatic heterocycles. The van der Waals surface area contributed by atoms with Gasteiger partial charge in [0.1, 0.15) is 13.2 Å². The number of quaternary nitrogens is 1. The van der Waals surface area contributed by atoms with Gasteiger partial charge in [-0.15, -0.1) is 0 Å². The standard InChI is InChI=1S/C62H119N2O6P/c1-6-8-10-12-14-16-18-20-22-24-26-28-29-30-31-32-33-34-36-37-39-41-43-45-47-49-51-53-55-61(65)60(59-70-71(67,68)69-58-57-64(3,4)5)63-62(66)56-54-52-50-48-46-44-42-40-38-35-27-25-23-21-19-17-15-13-11-9-7-2/h19,21,25,27,45,47,53,55,60-61,65H,6-18,20,22-24,26,28-44,46,48-52,54,56-59H2,1-5H3,(H-,63,66,67,68)/p+1/b21-19-,27-25-,47-45+,55-53+. The molecule has 0 saturated heterocycles. The summed E-state index contributed by atoms with van der Waals surface area (Å²) in [6.45, 7) is 4.81. The first kappa shape index (κ1) is 69.5. The first-order valence-electron chi connectivity index (χ1n) is 30.5. The number of likely N-dealkylation sites (N-methyl/N-ethyl adjacent to an activating group) is 1. The van der Waals surface area contributed by atoms with Gasteiger partial charge in [-0.2, -0.15) is 0 Å². The molecule has 3 N–H and O–H groups in total. The van der Waals surface area contributed by atoms with Crippen molar-refractivity contribution in [1.82, 2.24) is 5.32 Å². The number of aliphatic hydroxyl groups is 1. The average Bonchev–Trinajstić information content (AvgIpc) is 3.33. The number of allylic oxidation sites excluding steroid dienone is 7. The predicted octanol–water partition coefficient (Wildman–Crippen LogP) is 18.7. The van der Waals surface area contributed by atoms with Crippen molar-refractivity contribution in [2.75, 3.05) is 40.9 Å². The highest BCUT2D eigenvalue weighted by Crippen LogP contribution is 2.43. The lowest BCUT2D eigenvalue weighted by molar-refractivity contribution is -0.870. The van der Waals surface area contributed by atoms with Gasteiger partial charge in [0, 0.05) is 6.42 Å². The smallest absolute Gasteiger partial charge is 0.387 e. The van der Waals surface area contributed by atoms with Gasteiger partial charge < -0.3 is 19.8 Å². The van der Waals surface area contributed by atoms with E-state index >= 15 is 0 Å². The summed E-state index contributed by atoms with van der Waals surface area (Å²) in [6.07, 6.45) is 70.9. The SMILES string of the molecule is CCCCCCC/C=C\C/C=C\CCCCCCCCCCCC(=O)NC(COP(=O)(O)OCC[N+](C)(C)C)C(O)/C=C/CC/C=C/CCCCCCCCCCCCCCCCCCCCCCCC. The molecule has 0 saturated carbocycles. The molecule has 0 aromatic heterocycles. The van der Waals surface area contributed by atoms with Crippen molar-refractivity contribution in [2.45, 2.75) is 302 Å². The topological polar surface area (TPSA) is 105 Å². The second kappa shape index (κ2) is 53.3. The maximum atomic E-state index is 13.0. The third kappa shape index (κ3) is 56.0. The van der Waals surface area contributed by atoms with Crippen molar-refractivity contribution in [2.24, 2.45) is 0 Å². The third-order valence-corrected chi connectivity index (χ3v) is 14.8. The summed E-state index contributed by atoms with van der Waals surface area (Å²) < 4.78 is 23.7. The van der Waals surface area contributed by atoms with E-state index in [-0.39, 0.29) is 19.1 Å². The van der Waals surface area contributed by atoms with Gasteiger partial charge in [0.05, 0.1) is 39.9 Å². The summed E-state index contributed by atoms with van der Waals surface area (Å²) in [5.74, 6) is -0.189. The molecule has 0 aliphatic carbocycles. The summed E-state index contributed by atoms with van der Waals surface area (Å²) in [5, 5.41) is 13.9. The molecule has 0 rings (SSSR count). The molecule has 8 nitrogen and oxygen atoms in total. The molecule has 9 heteroatoms. The van der Waals surface area contributed by atoms with E-state index < -0.39 is 20.0 Å². The number of phosphoric acid groups is 1. The minimum absolute atomic E-state index is 0.0547. The minimum Gasteiger partial charge on any atom is -0.387 e. The number of nitrogens with zero attached hydrogens (tertiary/aromatic N) is 1. The third-order valence-electron chi connectivity index (χ3n) is 13.8. The monoisotopic (exact) mass is 1020 g/mol. The Morgan fingerprint density at radius 3 is 1.21 bits per heavy atom. The van der Waals surface area contributed by atoms with E-state index in [0.717, 1.165) is 44.9 Å². The highest BCUT2D eigenvalue weighted by Gasteiger charge is 2.27. The highest BCUT2D eigenvalue weighted by molar-refractivity contribution is 7.47. The molecule has 418 valence electrons. The molecular weight excluding hydrogens is 900 g/mol. The number of amides is 1. The van der Waals surface area contributed by atoms with Gasteiger partial charge in [-0.05, 0) is 64.2 Å². The van der Waals surface area contributed by atoms with E-state index in [0.29, 0.717) is 17.4 Å². The fourth-order valence-electron chi connectivity index (χ4n) is 8.97. The van der Waals surface area contributed by atoms with Crippen LogP contribution in [0.1, 0.15) is 290 Å². The zero-order valence-electron chi connectivity index (χ0n) is 47.7. The Labute approximate surface area is 441 Å². The van der Waals surface area contributed by atoms with Gasteiger partial charge in [-0.3, -0.25) is 13.8 Å². The van der Waals surface area contributed by atoms with Crippen LogP contribution in [0.2, 0.25) is 0 Å². The van der Waals surface area contributed by atoms with E-state index in [2.05, 4.69) is 55.6 Å². The first-order valence-corrected chi connectivity index (χ1v) is 32.0. The Kier molecular flexibility index (Phi) is 52.1. The molecule has 0 fully saturated rings. The summed E-state index contributed by atoms with van der Waals surface area (Å²) in [4.78, 5) is 23.3. The number of unbranched alkanes of at least 4 members (excludes halogenated alkanes) is 37. The Balaban J connectivity index is 4.21. The zero-order valence-corrected chi connectivity index (χ0v) is 48.6. The van der Waals surface area contributed by atoms with Gasteiger partial charge >= 0.3 is 7.82 Å². The second-order valence-electron chi connectivity index (χ2n) is 22.1.